The predicted molar refractivity (Wildman–Crippen MR) is 55.8 cm³/mol. The highest BCUT2D eigenvalue weighted by molar-refractivity contribution is 5.34. The molecule has 0 aliphatic carbocycles. The lowest BCUT2D eigenvalue weighted by Gasteiger charge is -2.18. The standard InChI is InChI=1S/C13H8F4/c14-11-7-3-1-5-9(11)13(16,17)10-6-2-4-8-12(10)15/h1-8H. The highest BCUT2D eigenvalue weighted by atomic mass is 19.3. The van der Waals surface area contributed by atoms with Crippen molar-refractivity contribution in [3.8, 4) is 0 Å². The van der Waals surface area contributed by atoms with Gasteiger partial charge >= 0.3 is 5.92 Å². The minimum atomic E-state index is -3.68. The zero-order chi connectivity index (χ0) is 12.5. The number of alkyl halides is 2. The summed E-state index contributed by atoms with van der Waals surface area (Å²) < 4.78 is 54.5. The van der Waals surface area contributed by atoms with E-state index in [9.17, 15) is 17.6 Å². The minimum absolute atomic E-state index is 0.829. The van der Waals surface area contributed by atoms with Crippen LogP contribution in [0.5, 0.6) is 0 Å². The number of rotatable bonds is 2. The molecule has 0 radical (unpaired) electrons. The van der Waals surface area contributed by atoms with E-state index in [1.807, 2.05) is 0 Å². The van der Waals surface area contributed by atoms with Gasteiger partial charge in [-0.15, -0.1) is 0 Å². The normalized spacial score (nSPS) is 11.5. The topological polar surface area (TPSA) is 0 Å². The Balaban J connectivity index is 2.58. The van der Waals surface area contributed by atoms with Crippen LogP contribution in [0.15, 0.2) is 48.5 Å². The third-order valence-electron chi connectivity index (χ3n) is 2.42. The van der Waals surface area contributed by atoms with E-state index in [-0.39, 0.29) is 0 Å². The summed E-state index contributed by atoms with van der Waals surface area (Å²) in [5.74, 6) is -5.79. The van der Waals surface area contributed by atoms with Gasteiger partial charge in [-0.3, -0.25) is 0 Å². The molecule has 0 amide bonds. The number of halogens is 4. The Morgan fingerprint density at radius 3 is 1.35 bits per heavy atom. The summed E-state index contributed by atoms with van der Waals surface area (Å²) in [4.78, 5) is 0. The maximum absolute atomic E-state index is 13.9. The quantitative estimate of drug-likeness (QED) is 0.693. The Hall–Kier alpha value is -1.84. The summed E-state index contributed by atoms with van der Waals surface area (Å²) in [5, 5.41) is 0. The molecule has 0 aromatic heterocycles. The SMILES string of the molecule is Fc1ccccc1C(F)(F)c1ccccc1F. The Morgan fingerprint density at radius 2 is 1.00 bits per heavy atom. The van der Waals surface area contributed by atoms with E-state index < -0.39 is 28.7 Å². The van der Waals surface area contributed by atoms with Gasteiger partial charge in [0.15, 0.2) is 0 Å². The second kappa shape index (κ2) is 4.20. The van der Waals surface area contributed by atoms with E-state index in [1.165, 1.54) is 24.3 Å². The number of hydrogen-bond donors (Lipinski definition) is 0. The zero-order valence-electron chi connectivity index (χ0n) is 8.63. The van der Waals surface area contributed by atoms with Gasteiger partial charge in [-0.1, -0.05) is 24.3 Å². The molecule has 88 valence electrons. The third kappa shape index (κ3) is 2.02. The molecule has 0 aliphatic rings. The van der Waals surface area contributed by atoms with Gasteiger partial charge in [0.05, 0.1) is 11.1 Å². The lowest BCUT2D eigenvalue weighted by Crippen LogP contribution is -2.18. The monoisotopic (exact) mass is 240 g/mol. The highest BCUT2D eigenvalue weighted by Gasteiger charge is 2.38. The van der Waals surface area contributed by atoms with Crippen molar-refractivity contribution >= 4 is 0 Å². The van der Waals surface area contributed by atoms with Crippen LogP contribution in [0, 0.1) is 11.6 Å². The van der Waals surface area contributed by atoms with Crippen molar-refractivity contribution in [1.29, 1.82) is 0 Å². The van der Waals surface area contributed by atoms with Crippen molar-refractivity contribution in [2.75, 3.05) is 0 Å². The second-order valence-electron chi connectivity index (χ2n) is 3.53. The van der Waals surface area contributed by atoms with E-state index in [0.29, 0.717) is 0 Å². The van der Waals surface area contributed by atoms with Crippen LogP contribution < -0.4 is 0 Å². The zero-order valence-corrected chi connectivity index (χ0v) is 8.63. The van der Waals surface area contributed by atoms with Gasteiger partial charge < -0.3 is 0 Å². The van der Waals surface area contributed by atoms with E-state index in [0.717, 1.165) is 24.3 Å². The molecule has 2 rings (SSSR count). The van der Waals surface area contributed by atoms with Crippen LogP contribution in [0.1, 0.15) is 11.1 Å². The number of hydrogen-bond acceptors (Lipinski definition) is 0. The molecule has 0 nitrogen and oxygen atoms in total. The van der Waals surface area contributed by atoms with E-state index in [4.69, 9.17) is 0 Å². The second-order valence-corrected chi connectivity index (χ2v) is 3.53. The van der Waals surface area contributed by atoms with Crippen molar-refractivity contribution in [3.63, 3.8) is 0 Å². The van der Waals surface area contributed by atoms with Crippen molar-refractivity contribution in [2.45, 2.75) is 5.92 Å². The molecule has 4 heteroatoms. The average Bonchev–Trinajstić information content (AvgIpc) is 2.29. The molecule has 0 bridgehead atoms. The molecule has 0 heterocycles. The van der Waals surface area contributed by atoms with Gasteiger partial charge in [0.25, 0.3) is 0 Å². The van der Waals surface area contributed by atoms with Crippen molar-refractivity contribution in [3.05, 3.63) is 71.3 Å². The van der Waals surface area contributed by atoms with E-state index >= 15 is 0 Å². The van der Waals surface area contributed by atoms with Crippen LogP contribution in [0.4, 0.5) is 17.6 Å². The molecular weight excluding hydrogens is 232 g/mol. The fourth-order valence-electron chi connectivity index (χ4n) is 1.58. The van der Waals surface area contributed by atoms with Gasteiger partial charge in [0, 0.05) is 0 Å². The summed E-state index contributed by atoms with van der Waals surface area (Å²) in [6.45, 7) is 0. The van der Waals surface area contributed by atoms with Crippen LogP contribution in [-0.4, -0.2) is 0 Å². The Bertz CT molecular complexity index is 487. The Labute approximate surface area is 95.5 Å². The maximum Gasteiger partial charge on any atom is 0.304 e. The highest BCUT2D eigenvalue weighted by Crippen LogP contribution is 2.37. The van der Waals surface area contributed by atoms with Crippen molar-refractivity contribution in [1.82, 2.24) is 0 Å². The van der Waals surface area contributed by atoms with Crippen molar-refractivity contribution < 1.29 is 17.6 Å². The van der Waals surface area contributed by atoms with Crippen LogP contribution in [0.3, 0.4) is 0 Å². The van der Waals surface area contributed by atoms with Crippen LogP contribution in [0.2, 0.25) is 0 Å². The Morgan fingerprint density at radius 1 is 0.647 bits per heavy atom. The molecule has 0 saturated carbocycles. The first-order chi connectivity index (χ1) is 8.03. The summed E-state index contributed by atoms with van der Waals surface area (Å²) in [7, 11) is 0. The molecule has 0 spiro atoms. The van der Waals surface area contributed by atoms with E-state index in [2.05, 4.69) is 0 Å². The van der Waals surface area contributed by atoms with Crippen LogP contribution in [-0.2, 0) is 5.92 Å². The smallest absolute Gasteiger partial charge is 0.206 e. The molecule has 2 aromatic rings. The molecule has 0 atom stereocenters. The average molecular weight is 240 g/mol. The van der Waals surface area contributed by atoms with Crippen molar-refractivity contribution in [2.24, 2.45) is 0 Å². The number of benzene rings is 2. The lowest BCUT2D eigenvalue weighted by atomic mass is 9.99. The van der Waals surface area contributed by atoms with Gasteiger partial charge in [0.1, 0.15) is 11.6 Å². The summed E-state index contributed by atoms with van der Waals surface area (Å²) in [6, 6.07) is 8.91. The molecule has 0 saturated heterocycles. The predicted octanol–water partition coefficient (Wildman–Crippen LogP) is 4.10. The molecule has 0 aliphatic heterocycles. The fraction of sp³-hybridized carbons (Fsp3) is 0.0769. The molecule has 0 unspecified atom stereocenters. The Kier molecular flexibility index (Phi) is 2.88. The largest absolute Gasteiger partial charge is 0.304 e. The summed E-state index contributed by atoms with van der Waals surface area (Å²) >= 11 is 0. The van der Waals surface area contributed by atoms with Gasteiger partial charge in [0.2, 0.25) is 0 Å². The molecule has 17 heavy (non-hydrogen) atoms. The third-order valence-corrected chi connectivity index (χ3v) is 2.42. The van der Waals surface area contributed by atoms with Gasteiger partial charge in [-0.05, 0) is 24.3 Å². The first-order valence-electron chi connectivity index (χ1n) is 4.91. The molecule has 0 fully saturated rings. The van der Waals surface area contributed by atoms with Gasteiger partial charge in [-0.25, -0.2) is 8.78 Å². The lowest BCUT2D eigenvalue weighted by molar-refractivity contribution is 0.0350. The van der Waals surface area contributed by atoms with Gasteiger partial charge in [-0.2, -0.15) is 8.78 Å². The first kappa shape index (κ1) is 11.6. The van der Waals surface area contributed by atoms with Crippen LogP contribution >= 0.6 is 0 Å². The van der Waals surface area contributed by atoms with E-state index in [1.54, 1.807) is 0 Å². The summed E-state index contributed by atoms with van der Waals surface area (Å²) in [6.07, 6.45) is 0. The minimum Gasteiger partial charge on any atom is -0.206 e. The van der Waals surface area contributed by atoms with Crippen LogP contribution in [0.25, 0.3) is 0 Å². The first-order valence-corrected chi connectivity index (χ1v) is 4.91. The molecule has 2 aromatic carbocycles. The molecule has 0 N–H and O–H groups in total. The maximum atomic E-state index is 13.9. The molecular formula is C13H8F4. The summed E-state index contributed by atoms with van der Waals surface area (Å²) in [5.41, 5.74) is -1.66. The fourth-order valence-corrected chi connectivity index (χ4v) is 1.58.